The Bertz CT molecular complexity index is 773. The molecule has 0 amide bonds. The van der Waals surface area contributed by atoms with Crippen LogP contribution in [-0.4, -0.2) is 20.8 Å². The molecule has 0 unspecified atom stereocenters. The molecule has 0 radical (unpaired) electrons. The van der Waals surface area contributed by atoms with Gasteiger partial charge in [0.05, 0.1) is 11.7 Å². The molecule has 5 heteroatoms. The third kappa shape index (κ3) is 3.35. The van der Waals surface area contributed by atoms with Gasteiger partial charge in [-0.25, -0.2) is 4.68 Å². The number of hydrogen-bond acceptors (Lipinski definition) is 4. The first-order valence-corrected chi connectivity index (χ1v) is 8.98. The number of hydrogen-bond donors (Lipinski definition) is 1. The van der Waals surface area contributed by atoms with E-state index < -0.39 is 0 Å². The normalized spacial score (nSPS) is 23.9. The van der Waals surface area contributed by atoms with Crippen LogP contribution in [0.4, 0.5) is 5.69 Å². The summed E-state index contributed by atoms with van der Waals surface area (Å²) in [5.41, 5.74) is 3.31. The van der Waals surface area contributed by atoms with Crippen LogP contribution < -0.4 is 10.9 Å². The molecule has 126 valence electrons. The Morgan fingerprint density at radius 1 is 1.08 bits per heavy atom. The molecule has 0 aromatic carbocycles. The lowest BCUT2D eigenvalue weighted by molar-refractivity contribution is 0.302. The van der Waals surface area contributed by atoms with Crippen LogP contribution in [0.15, 0.2) is 35.3 Å². The first-order chi connectivity index (χ1) is 11.7. The molecular formula is C19H24N4O. The molecule has 5 nitrogen and oxygen atoms in total. The smallest absolute Gasteiger partial charge is 0.267 e. The van der Waals surface area contributed by atoms with Gasteiger partial charge in [0.2, 0.25) is 0 Å². The van der Waals surface area contributed by atoms with Crippen molar-refractivity contribution < 1.29 is 0 Å². The lowest BCUT2D eigenvalue weighted by Gasteiger charge is -2.30. The standard InChI is InChI=1S/C19H24N4O/c1-13-12-16(10-11-20-13)21-15-4-6-17(7-5-15)23-19(24)9-8-18(22-23)14-2-3-14/h8-12,14-15,17H,2-7H2,1H3,(H,20,21). The summed E-state index contributed by atoms with van der Waals surface area (Å²) < 4.78 is 1.75. The quantitative estimate of drug-likeness (QED) is 0.936. The highest BCUT2D eigenvalue weighted by Crippen LogP contribution is 2.38. The summed E-state index contributed by atoms with van der Waals surface area (Å²) in [6.07, 6.45) is 8.41. The average Bonchev–Trinajstić information content (AvgIpc) is 3.41. The molecule has 2 heterocycles. The zero-order chi connectivity index (χ0) is 16.5. The van der Waals surface area contributed by atoms with Crippen LogP contribution in [0.25, 0.3) is 0 Å². The van der Waals surface area contributed by atoms with Crippen molar-refractivity contribution in [2.24, 2.45) is 0 Å². The zero-order valence-corrected chi connectivity index (χ0v) is 14.1. The van der Waals surface area contributed by atoms with E-state index in [-0.39, 0.29) is 11.6 Å². The lowest BCUT2D eigenvalue weighted by Crippen LogP contribution is -2.33. The van der Waals surface area contributed by atoms with Crippen LogP contribution in [0.3, 0.4) is 0 Å². The van der Waals surface area contributed by atoms with E-state index in [0.29, 0.717) is 12.0 Å². The molecule has 1 N–H and O–H groups in total. The Kier molecular flexibility index (Phi) is 4.08. The number of anilines is 1. The van der Waals surface area contributed by atoms with Crippen LogP contribution in [-0.2, 0) is 0 Å². The van der Waals surface area contributed by atoms with E-state index in [4.69, 9.17) is 0 Å². The number of pyridine rings is 1. The SMILES string of the molecule is Cc1cc(NC2CCC(n3nc(C4CC4)ccc3=O)CC2)ccn1. The summed E-state index contributed by atoms with van der Waals surface area (Å²) in [6, 6.07) is 8.42. The van der Waals surface area contributed by atoms with Crippen molar-refractivity contribution in [3.05, 3.63) is 52.2 Å². The van der Waals surface area contributed by atoms with Crippen molar-refractivity contribution in [1.82, 2.24) is 14.8 Å². The van der Waals surface area contributed by atoms with Gasteiger partial charge in [0.1, 0.15) is 0 Å². The largest absolute Gasteiger partial charge is 0.382 e. The molecule has 0 spiro atoms. The first kappa shape index (κ1) is 15.4. The fourth-order valence-electron chi connectivity index (χ4n) is 3.63. The van der Waals surface area contributed by atoms with Crippen molar-refractivity contribution >= 4 is 5.69 Å². The second-order valence-corrected chi connectivity index (χ2v) is 7.15. The van der Waals surface area contributed by atoms with Gasteiger partial charge in [-0.3, -0.25) is 9.78 Å². The molecule has 2 fully saturated rings. The second kappa shape index (κ2) is 6.38. The second-order valence-electron chi connectivity index (χ2n) is 7.15. The maximum Gasteiger partial charge on any atom is 0.267 e. The van der Waals surface area contributed by atoms with Gasteiger partial charge in [-0.15, -0.1) is 0 Å². The Morgan fingerprint density at radius 3 is 2.58 bits per heavy atom. The summed E-state index contributed by atoms with van der Waals surface area (Å²) in [4.78, 5) is 16.4. The number of nitrogens with one attached hydrogen (secondary N) is 1. The van der Waals surface area contributed by atoms with E-state index in [2.05, 4.69) is 21.5 Å². The van der Waals surface area contributed by atoms with E-state index in [1.54, 1.807) is 10.7 Å². The maximum atomic E-state index is 12.2. The predicted molar refractivity (Wildman–Crippen MR) is 94.4 cm³/mol. The summed E-state index contributed by atoms with van der Waals surface area (Å²) in [5, 5.41) is 8.25. The number of nitrogens with zero attached hydrogens (tertiary/aromatic N) is 3. The summed E-state index contributed by atoms with van der Waals surface area (Å²) in [5.74, 6) is 0.588. The van der Waals surface area contributed by atoms with Crippen LogP contribution >= 0.6 is 0 Å². The molecule has 0 bridgehead atoms. The fourth-order valence-corrected chi connectivity index (χ4v) is 3.63. The van der Waals surface area contributed by atoms with Gasteiger partial charge >= 0.3 is 0 Å². The molecule has 0 atom stereocenters. The Hall–Kier alpha value is -2.17. The molecule has 2 aromatic rings. The van der Waals surface area contributed by atoms with Gasteiger partial charge in [0, 0.05) is 35.6 Å². The van der Waals surface area contributed by atoms with Gasteiger partial charge < -0.3 is 5.32 Å². The molecule has 2 aliphatic carbocycles. The fraction of sp³-hybridized carbons (Fsp3) is 0.526. The summed E-state index contributed by atoms with van der Waals surface area (Å²) in [6.45, 7) is 2.01. The monoisotopic (exact) mass is 324 g/mol. The van der Waals surface area contributed by atoms with Crippen molar-refractivity contribution in [2.45, 2.75) is 63.5 Å². The predicted octanol–water partition coefficient (Wildman–Crippen LogP) is 3.42. The van der Waals surface area contributed by atoms with Gasteiger partial charge in [-0.05, 0) is 63.6 Å². The Labute approximate surface area is 142 Å². The number of aryl methyl sites for hydroxylation is 1. The van der Waals surface area contributed by atoms with Crippen LogP contribution in [0, 0.1) is 6.92 Å². The van der Waals surface area contributed by atoms with Crippen molar-refractivity contribution in [3.8, 4) is 0 Å². The van der Waals surface area contributed by atoms with Crippen LogP contribution in [0.5, 0.6) is 0 Å². The van der Waals surface area contributed by atoms with Crippen molar-refractivity contribution in [2.75, 3.05) is 5.32 Å². The van der Waals surface area contributed by atoms with Crippen molar-refractivity contribution in [1.29, 1.82) is 0 Å². The number of aromatic nitrogens is 3. The number of rotatable bonds is 4. The molecular weight excluding hydrogens is 300 g/mol. The summed E-state index contributed by atoms with van der Waals surface area (Å²) >= 11 is 0. The van der Waals surface area contributed by atoms with Crippen LogP contribution in [0.2, 0.25) is 0 Å². The van der Waals surface area contributed by atoms with Gasteiger partial charge in [-0.2, -0.15) is 5.10 Å². The van der Waals surface area contributed by atoms with Crippen molar-refractivity contribution in [3.63, 3.8) is 0 Å². The van der Waals surface area contributed by atoms with E-state index in [0.717, 1.165) is 42.8 Å². The van der Waals surface area contributed by atoms with E-state index in [1.165, 1.54) is 12.8 Å². The van der Waals surface area contributed by atoms with E-state index in [9.17, 15) is 4.79 Å². The molecule has 2 saturated carbocycles. The Balaban J connectivity index is 1.41. The topological polar surface area (TPSA) is 59.8 Å². The highest BCUT2D eigenvalue weighted by Gasteiger charge is 2.28. The Morgan fingerprint density at radius 2 is 1.88 bits per heavy atom. The van der Waals surface area contributed by atoms with E-state index in [1.807, 2.05) is 25.3 Å². The lowest BCUT2D eigenvalue weighted by atomic mass is 9.91. The van der Waals surface area contributed by atoms with Crippen LogP contribution in [0.1, 0.15) is 61.9 Å². The molecule has 4 rings (SSSR count). The third-order valence-corrected chi connectivity index (χ3v) is 5.15. The third-order valence-electron chi connectivity index (χ3n) is 5.15. The highest BCUT2D eigenvalue weighted by molar-refractivity contribution is 5.43. The first-order valence-electron chi connectivity index (χ1n) is 8.98. The van der Waals surface area contributed by atoms with Gasteiger partial charge in [-0.1, -0.05) is 0 Å². The molecule has 2 aliphatic rings. The molecule has 24 heavy (non-hydrogen) atoms. The van der Waals surface area contributed by atoms with Gasteiger partial charge in [0.25, 0.3) is 5.56 Å². The minimum absolute atomic E-state index is 0.0422. The maximum absolute atomic E-state index is 12.2. The molecule has 0 aliphatic heterocycles. The highest BCUT2D eigenvalue weighted by atomic mass is 16.1. The minimum atomic E-state index is 0.0422. The molecule has 2 aromatic heterocycles. The molecule has 0 saturated heterocycles. The van der Waals surface area contributed by atoms with E-state index >= 15 is 0 Å². The summed E-state index contributed by atoms with van der Waals surface area (Å²) in [7, 11) is 0. The average molecular weight is 324 g/mol. The minimum Gasteiger partial charge on any atom is -0.382 e. The van der Waals surface area contributed by atoms with Gasteiger partial charge in [0.15, 0.2) is 0 Å². The zero-order valence-electron chi connectivity index (χ0n) is 14.1.